The second-order valence-corrected chi connectivity index (χ2v) is 3.93. The summed E-state index contributed by atoms with van der Waals surface area (Å²) < 4.78 is 0. The molecular weight excluding hydrogens is 214 g/mol. The van der Waals surface area contributed by atoms with Gasteiger partial charge in [-0.3, -0.25) is 4.79 Å². The molecule has 0 aliphatic heterocycles. The third kappa shape index (κ3) is 2.52. The minimum Gasteiger partial charge on any atom is -0.397 e. The summed E-state index contributed by atoms with van der Waals surface area (Å²) in [4.78, 5) is 13.9. The second kappa shape index (κ2) is 5.57. The third-order valence-electron chi connectivity index (χ3n) is 3.04. The van der Waals surface area contributed by atoms with Gasteiger partial charge in [0, 0.05) is 13.1 Å². The molecule has 0 aliphatic carbocycles. The molecule has 1 aromatic carbocycles. The number of nitrogen functional groups attached to an aromatic ring is 2. The smallest absolute Gasteiger partial charge is 0.256 e. The maximum atomic E-state index is 12.2. The van der Waals surface area contributed by atoms with Crippen LogP contribution in [0.25, 0.3) is 0 Å². The highest BCUT2D eigenvalue weighted by atomic mass is 16.2. The molecule has 94 valence electrons. The van der Waals surface area contributed by atoms with Gasteiger partial charge in [0.1, 0.15) is 0 Å². The van der Waals surface area contributed by atoms with Crippen LogP contribution in [-0.2, 0) is 6.42 Å². The van der Waals surface area contributed by atoms with Crippen molar-refractivity contribution in [2.75, 3.05) is 24.6 Å². The number of anilines is 2. The monoisotopic (exact) mass is 235 g/mol. The molecule has 0 spiro atoms. The zero-order valence-corrected chi connectivity index (χ0v) is 10.8. The van der Waals surface area contributed by atoms with Crippen molar-refractivity contribution in [2.24, 2.45) is 0 Å². The summed E-state index contributed by atoms with van der Waals surface area (Å²) in [7, 11) is 0. The van der Waals surface area contributed by atoms with E-state index in [1.165, 1.54) is 0 Å². The van der Waals surface area contributed by atoms with Crippen LogP contribution in [0.1, 0.15) is 36.7 Å². The minimum absolute atomic E-state index is 0.0538. The Morgan fingerprint density at radius 2 is 1.71 bits per heavy atom. The highest BCUT2D eigenvalue weighted by Gasteiger charge is 2.17. The molecule has 0 aliphatic rings. The van der Waals surface area contributed by atoms with E-state index in [-0.39, 0.29) is 5.91 Å². The first-order chi connectivity index (χ1) is 8.06. The summed E-state index contributed by atoms with van der Waals surface area (Å²) >= 11 is 0. The van der Waals surface area contributed by atoms with Crippen LogP contribution < -0.4 is 11.5 Å². The molecule has 0 radical (unpaired) electrons. The molecule has 0 heterocycles. The van der Waals surface area contributed by atoms with Crippen LogP contribution in [0.4, 0.5) is 11.4 Å². The lowest BCUT2D eigenvalue weighted by Gasteiger charge is -2.20. The summed E-state index contributed by atoms with van der Waals surface area (Å²) in [5.41, 5.74) is 14.3. The van der Waals surface area contributed by atoms with Gasteiger partial charge >= 0.3 is 0 Å². The van der Waals surface area contributed by atoms with Crippen molar-refractivity contribution in [2.45, 2.75) is 27.2 Å². The average Bonchev–Trinajstić information content (AvgIpc) is 2.34. The predicted molar refractivity (Wildman–Crippen MR) is 71.9 cm³/mol. The van der Waals surface area contributed by atoms with E-state index in [1.807, 2.05) is 26.8 Å². The lowest BCUT2D eigenvalue weighted by atomic mass is 10.0. The van der Waals surface area contributed by atoms with Crippen molar-refractivity contribution in [3.8, 4) is 0 Å². The van der Waals surface area contributed by atoms with Gasteiger partial charge in [-0.15, -0.1) is 0 Å². The third-order valence-corrected chi connectivity index (χ3v) is 3.04. The Hall–Kier alpha value is -1.71. The normalized spacial score (nSPS) is 10.3. The van der Waals surface area contributed by atoms with Gasteiger partial charge in [0.25, 0.3) is 5.91 Å². The molecule has 17 heavy (non-hydrogen) atoms. The number of amides is 1. The predicted octanol–water partition coefficient (Wildman–Crippen LogP) is 1.90. The fourth-order valence-corrected chi connectivity index (χ4v) is 1.86. The van der Waals surface area contributed by atoms with Gasteiger partial charge in [-0.25, -0.2) is 0 Å². The number of hydrogen-bond donors (Lipinski definition) is 2. The molecule has 0 fully saturated rings. The van der Waals surface area contributed by atoms with Gasteiger partial charge < -0.3 is 16.4 Å². The van der Waals surface area contributed by atoms with Crippen LogP contribution in [0.5, 0.6) is 0 Å². The molecule has 0 atom stereocenters. The molecule has 1 amide bonds. The average molecular weight is 235 g/mol. The van der Waals surface area contributed by atoms with E-state index in [2.05, 4.69) is 0 Å². The van der Waals surface area contributed by atoms with Crippen molar-refractivity contribution in [3.63, 3.8) is 0 Å². The molecule has 4 nitrogen and oxygen atoms in total. The Kier molecular flexibility index (Phi) is 4.37. The van der Waals surface area contributed by atoms with Crippen LogP contribution in [0.15, 0.2) is 12.1 Å². The van der Waals surface area contributed by atoms with Gasteiger partial charge in [-0.05, 0) is 31.9 Å². The summed E-state index contributed by atoms with van der Waals surface area (Å²) in [5.74, 6) is -0.0538. The standard InChI is InChI=1S/C13H21N3O/c1-4-9-7-8-10(12(15)11(9)14)13(17)16(5-2)6-3/h7-8H,4-6,14-15H2,1-3H3. The van der Waals surface area contributed by atoms with Gasteiger partial charge in [-0.2, -0.15) is 0 Å². The van der Waals surface area contributed by atoms with Gasteiger partial charge in [0.15, 0.2) is 0 Å². The molecule has 0 saturated heterocycles. The lowest BCUT2D eigenvalue weighted by molar-refractivity contribution is 0.0774. The van der Waals surface area contributed by atoms with Crippen molar-refractivity contribution in [1.29, 1.82) is 0 Å². The van der Waals surface area contributed by atoms with Crippen molar-refractivity contribution in [3.05, 3.63) is 23.3 Å². The zero-order valence-electron chi connectivity index (χ0n) is 10.8. The fourth-order valence-electron chi connectivity index (χ4n) is 1.86. The minimum atomic E-state index is -0.0538. The first-order valence-corrected chi connectivity index (χ1v) is 6.02. The number of aryl methyl sites for hydroxylation is 1. The molecular formula is C13H21N3O. The highest BCUT2D eigenvalue weighted by Crippen LogP contribution is 2.25. The van der Waals surface area contributed by atoms with Crippen LogP contribution in [0.3, 0.4) is 0 Å². The molecule has 0 bridgehead atoms. The summed E-state index contributed by atoms with van der Waals surface area (Å²) in [5, 5.41) is 0. The first kappa shape index (κ1) is 13.4. The first-order valence-electron chi connectivity index (χ1n) is 6.02. The Labute approximate surface area is 103 Å². The molecule has 1 aromatic rings. The Morgan fingerprint density at radius 1 is 1.12 bits per heavy atom. The largest absolute Gasteiger partial charge is 0.397 e. The maximum absolute atomic E-state index is 12.2. The molecule has 0 aromatic heterocycles. The van der Waals surface area contributed by atoms with E-state index in [4.69, 9.17) is 11.5 Å². The van der Waals surface area contributed by atoms with Crippen LogP contribution in [0, 0.1) is 0 Å². The van der Waals surface area contributed by atoms with E-state index in [0.717, 1.165) is 12.0 Å². The topological polar surface area (TPSA) is 72.3 Å². The SMILES string of the molecule is CCc1ccc(C(=O)N(CC)CC)c(N)c1N. The molecule has 0 unspecified atom stereocenters. The highest BCUT2D eigenvalue weighted by molar-refractivity contribution is 6.02. The van der Waals surface area contributed by atoms with Gasteiger partial charge in [0.2, 0.25) is 0 Å². The second-order valence-electron chi connectivity index (χ2n) is 3.93. The molecule has 4 N–H and O–H groups in total. The number of benzene rings is 1. The van der Waals surface area contributed by atoms with Crippen molar-refractivity contribution >= 4 is 17.3 Å². The Balaban J connectivity index is 3.15. The number of rotatable bonds is 4. The Bertz CT molecular complexity index is 411. The van der Waals surface area contributed by atoms with Crippen molar-refractivity contribution < 1.29 is 4.79 Å². The summed E-state index contributed by atoms with van der Waals surface area (Å²) in [6, 6.07) is 3.65. The molecule has 1 rings (SSSR count). The number of carbonyl (C=O) groups is 1. The van der Waals surface area contributed by atoms with E-state index in [9.17, 15) is 4.79 Å². The molecule has 4 heteroatoms. The number of hydrogen-bond acceptors (Lipinski definition) is 3. The van der Waals surface area contributed by atoms with E-state index < -0.39 is 0 Å². The zero-order chi connectivity index (χ0) is 13.0. The molecule has 0 saturated carbocycles. The van der Waals surface area contributed by atoms with Gasteiger partial charge in [0.05, 0.1) is 16.9 Å². The summed E-state index contributed by atoms with van der Waals surface area (Å²) in [6.45, 7) is 7.24. The quantitative estimate of drug-likeness (QED) is 0.783. The maximum Gasteiger partial charge on any atom is 0.256 e. The van der Waals surface area contributed by atoms with Crippen LogP contribution in [0.2, 0.25) is 0 Å². The fraction of sp³-hybridized carbons (Fsp3) is 0.462. The Morgan fingerprint density at radius 3 is 2.18 bits per heavy atom. The van der Waals surface area contributed by atoms with Crippen LogP contribution >= 0.6 is 0 Å². The lowest BCUT2D eigenvalue weighted by Crippen LogP contribution is -2.31. The number of nitrogens with two attached hydrogens (primary N) is 2. The van der Waals surface area contributed by atoms with E-state index >= 15 is 0 Å². The number of carbonyl (C=O) groups excluding carboxylic acids is 1. The van der Waals surface area contributed by atoms with E-state index in [0.29, 0.717) is 30.0 Å². The van der Waals surface area contributed by atoms with Crippen LogP contribution in [-0.4, -0.2) is 23.9 Å². The van der Waals surface area contributed by atoms with Gasteiger partial charge in [-0.1, -0.05) is 13.0 Å². The number of nitrogens with zero attached hydrogens (tertiary/aromatic N) is 1. The summed E-state index contributed by atoms with van der Waals surface area (Å²) in [6.07, 6.45) is 0.815. The van der Waals surface area contributed by atoms with Crippen molar-refractivity contribution in [1.82, 2.24) is 4.90 Å². The van der Waals surface area contributed by atoms with E-state index in [1.54, 1.807) is 11.0 Å².